The summed E-state index contributed by atoms with van der Waals surface area (Å²) in [5, 5.41) is 62.6. The van der Waals surface area contributed by atoms with E-state index >= 15 is 0 Å². The van der Waals surface area contributed by atoms with Gasteiger partial charge in [0.25, 0.3) is 40.4 Å². The average molecular weight is 1040 g/mol. The number of carbonyl (C=O) groups is 1. The van der Waals surface area contributed by atoms with Gasteiger partial charge in [-0.05, 0) is 89.6 Å². The molecule has 0 atom stereocenters. The number of diazo groups is 1. The van der Waals surface area contributed by atoms with Gasteiger partial charge in [0, 0.05) is 23.2 Å². The topological polar surface area (TPSA) is 415 Å². The third-order valence-corrected chi connectivity index (χ3v) is 13.5. The summed E-state index contributed by atoms with van der Waals surface area (Å²) in [7, 11) is -19.9. The molecule has 7 aromatic rings. The molecule has 0 unspecified atom stereocenters. The van der Waals surface area contributed by atoms with Gasteiger partial charge < -0.3 is 33.5 Å². The second-order valence-corrected chi connectivity index (χ2v) is 19.7. The third kappa shape index (κ3) is 10.6. The summed E-state index contributed by atoms with van der Waals surface area (Å²) >= 11 is 0. The van der Waals surface area contributed by atoms with Crippen LogP contribution in [-0.4, -0.2) is 68.6 Å². The van der Waals surface area contributed by atoms with E-state index in [1.54, 1.807) is 0 Å². The van der Waals surface area contributed by atoms with E-state index in [9.17, 15) is 67.4 Å². The predicted molar refractivity (Wildman–Crippen MR) is 239 cm³/mol. The van der Waals surface area contributed by atoms with E-state index in [-0.39, 0.29) is 62.1 Å². The lowest BCUT2D eigenvalue weighted by atomic mass is 10.1. The Bertz CT molecular complexity index is 3890. The molecule has 354 valence electrons. The minimum atomic E-state index is -5.36. The SMILES string of the molecule is N#[N+]c1ccc(NS(=O)(=O)c2ccc(N=Nc3c(S(=O)(=O)O)cc4cc(S(=O)(=O)O)c(N=Nc5ccc6cc(S(=O)(=O)O)c(N=Nc7ccccc7C(=O)O)c(O)c6c5)c(O)c4c3N)cc2)cc1.[Cl-]. The van der Waals surface area contributed by atoms with Crippen molar-refractivity contribution in [1.29, 1.82) is 5.39 Å². The zero-order valence-corrected chi connectivity index (χ0v) is 37.9. The van der Waals surface area contributed by atoms with E-state index < -0.39 is 106 Å². The molecule has 0 fully saturated rings. The summed E-state index contributed by atoms with van der Waals surface area (Å²) in [6.45, 7) is 0. The van der Waals surface area contributed by atoms with Gasteiger partial charge in [0.05, 0.1) is 32.9 Å². The number of hydrogen-bond donors (Lipinski definition) is 8. The highest BCUT2D eigenvalue weighted by atomic mass is 35.5. The van der Waals surface area contributed by atoms with Crippen molar-refractivity contribution in [3.63, 3.8) is 0 Å². The van der Waals surface area contributed by atoms with E-state index in [0.717, 1.165) is 42.5 Å². The number of nitrogen functional groups attached to an aromatic ring is 1. The molecule has 0 saturated carbocycles. The number of hydrogen-bond acceptors (Lipinski definition) is 19. The maximum absolute atomic E-state index is 13.0. The van der Waals surface area contributed by atoms with Crippen LogP contribution >= 0.6 is 0 Å². The number of carboxylic acid groups (broad SMARTS) is 1. The Balaban J connectivity index is 0.00000782. The highest BCUT2D eigenvalue weighted by molar-refractivity contribution is 7.92. The van der Waals surface area contributed by atoms with Gasteiger partial charge >= 0.3 is 11.7 Å². The van der Waals surface area contributed by atoms with Gasteiger partial charge in [0.2, 0.25) is 5.39 Å². The Morgan fingerprint density at radius 3 is 1.68 bits per heavy atom. The number of rotatable bonds is 13. The van der Waals surface area contributed by atoms with Crippen LogP contribution in [0.3, 0.4) is 0 Å². The minimum Gasteiger partial charge on any atom is -1.00 e. The molecule has 7 rings (SSSR count). The van der Waals surface area contributed by atoms with Crippen LogP contribution in [0, 0.1) is 5.39 Å². The number of phenolic OH excluding ortho intramolecular Hbond substituents is 2. The zero-order chi connectivity index (χ0) is 49.5. The molecule has 9 N–H and O–H groups in total. The van der Waals surface area contributed by atoms with Crippen LogP contribution in [0.1, 0.15) is 10.4 Å². The number of carboxylic acids is 1. The molecular formula is C39H27ClN10O15S4. The quantitative estimate of drug-likeness (QED) is 0.0286. The number of halogens is 1. The van der Waals surface area contributed by atoms with Crippen molar-refractivity contribution >= 4 is 119 Å². The van der Waals surface area contributed by atoms with E-state index in [1.165, 1.54) is 54.6 Å². The number of fused-ring (bicyclic) bond motifs is 2. The number of benzene rings is 7. The van der Waals surface area contributed by atoms with Gasteiger partial charge in [-0.3, -0.25) is 18.4 Å². The number of aromatic carboxylic acids is 1. The number of nitrogens with zero attached hydrogens (tertiary/aromatic N) is 8. The largest absolute Gasteiger partial charge is 1.00 e. The minimum absolute atomic E-state index is 0. The van der Waals surface area contributed by atoms with E-state index in [0.29, 0.717) is 12.1 Å². The second kappa shape index (κ2) is 18.9. The molecule has 0 aromatic heterocycles. The molecule has 7 aromatic carbocycles. The molecule has 30 heteroatoms. The molecule has 69 heavy (non-hydrogen) atoms. The first-order valence-corrected chi connectivity index (χ1v) is 24.2. The Labute approximate surface area is 394 Å². The summed E-state index contributed by atoms with van der Waals surface area (Å²) in [6.07, 6.45) is 0. The van der Waals surface area contributed by atoms with Gasteiger partial charge in [0.1, 0.15) is 37.4 Å². The maximum atomic E-state index is 13.0. The third-order valence-electron chi connectivity index (χ3n) is 9.49. The molecule has 0 amide bonds. The second-order valence-electron chi connectivity index (χ2n) is 13.9. The summed E-state index contributed by atoms with van der Waals surface area (Å²) in [6, 6.07) is 20.7. The summed E-state index contributed by atoms with van der Waals surface area (Å²) in [5.41, 5.74) is 2.29. The van der Waals surface area contributed by atoms with Gasteiger partial charge in [-0.1, -0.05) is 18.2 Å². The van der Waals surface area contributed by atoms with Gasteiger partial charge in [0.15, 0.2) is 16.5 Å². The highest BCUT2D eigenvalue weighted by Gasteiger charge is 2.29. The van der Waals surface area contributed by atoms with Gasteiger partial charge in [-0.25, -0.2) is 13.2 Å². The van der Waals surface area contributed by atoms with Gasteiger partial charge in [-0.15, -0.1) is 20.5 Å². The standard InChI is InChI=1S/C39H26N10O15S4.ClH/c40-33-32-20(16-29(66(56,57)58)34(33)46-43-22-11-13-25(14-12-22)65(54,55)49-23-9-7-21(42-41)8-10-23)17-31(68(62,63)64)36(38(32)51)47-44-24-6-5-19-15-30(67(59,60)61)35(37(50)27(19)18-24)48-45-28-4-2-1-3-26(28)39(52)53;/h1-18,41,49H,(H6,40,43,51,52,53,56,57,58,59,60,61,62,63,64);1H. The smallest absolute Gasteiger partial charge is 0.385 e. The van der Waals surface area contributed by atoms with Crippen LogP contribution < -0.4 is 22.9 Å². The van der Waals surface area contributed by atoms with Crippen molar-refractivity contribution in [2.24, 2.45) is 30.7 Å². The lowest BCUT2D eigenvalue weighted by Crippen LogP contribution is -3.00. The van der Waals surface area contributed by atoms with E-state index in [4.69, 9.17) is 11.1 Å². The predicted octanol–water partition coefficient (Wildman–Crippen LogP) is 5.96. The fourth-order valence-corrected chi connectivity index (χ4v) is 9.40. The number of anilines is 2. The summed E-state index contributed by atoms with van der Waals surface area (Å²) in [4.78, 5) is 11.3. The first-order valence-electron chi connectivity index (χ1n) is 18.4. The molecule has 0 bridgehead atoms. The molecule has 0 radical (unpaired) electrons. The molecule has 25 nitrogen and oxygen atoms in total. The molecule has 0 saturated heterocycles. The number of nitrogens with one attached hydrogen (secondary N) is 1. The number of aromatic hydroxyl groups is 2. The van der Waals surface area contributed by atoms with Crippen molar-refractivity contribution in [1.82, 2.24) is 0 Å². The fraction of sp³-hybridized carbons (Fsp3) is 0. The molecule has 0 spiro atoms. The van der Waals surface area contributed by atoms with Crippen LogP contribution in [0.5, 0.6) is 11.5 Å². The number of nitrogens with two attached hydrogens (primary N) is 1. The lowest BCUT2D eigenvalue weighted by molar-refractivity contribution is -0.0000448. The van der Waals surface area contributed by atoms with Crippen LogP contribution in [0.15, 0.2) is 159 Å². The van der Waals surface area contributed by atoms with Crippen molar-refractivity contribution in [2.45, 2.75) is 19.6 Å². The monoisotopic (exact) mass is 1040 g/mol. The Kier molecular flexibility index (Phi) is 13.8. The maximum Gasteiger partial charge on any atom is 0.385 e. The van der Waals surface area contributed by atoms with Crippen molar-refractivity contribution in [3.05, 3.63) is 120 Å². The molecule has 0 aliphatic heterocycles. The van der Waals surface area contributed by atoms with Crippen molar-refractivity contribution < 1.29 is 79.9 Å². The van der Waals surface area contributed by atoms with Crippen LogP contribution in [0.2, 0.25) is 0 Å². The first kappa shape index (κ1) is 50.3. The number of azo groups is 3. The molecular weight excluding hydrogens is 1010 g/mol. The summed E-state index contributed by atoms with van der Waals surface area (Å²) in [5.74, 6) is -3.47. The summed E-state index contributed by atoms with van der Waals surface area (Å²) < 4.78 is 134. The van der Waals surface area contributed by atoms with Crippen LogP contribution in [0.4, 0.5) is 51.2 Å². The lowest BCUT2D eigenvalue weighted by Gasteiger charge is -2.14. The number of phenols is 2. The van der Waals surface area contributed by atoms with Crippen molar-refractivity contribution in [3.8, 4) is 11.5 Å². The van der Waals surface area contributed by atoms with E-state index in [1.807, 2.05) is 0 Å². The average Bonchev–Trinajstić information content (AvgIpc) is 3.27. The molecule has 0 heterocycles. The first-order chi connectivity index (χ1) is 31.9. The van der Waals surface area contributed by atoms with Crippen LogP contribution in [-0.2, 0) is 40.4 Å². The Morgan fingerprint density at radius 1 is 0.594 bits per heavy atom. The fourth-order valence-electron chi connectivity index (χ4n) is 6.35. The number of sulfonamides is 1. The van der Waals surface area contributed by atoms with Crippen LogP contribution in [0.25, 0.3) is 26.5 Å². The molecule has 0 aliphatic carbocycles. The normalized spacial score (nSPS) is 12.4. The Morgan fingerprint density at radius 2 is 1.10 bits per heavy atom. The van der Waals surface area contributed by atoms with Gasteiger partial charge in [-0.2, -0.15) is 35.5 Å². The molecule has 0 aliphatic rings. The highest BCUT2D eigenvalue weighted by Crippen LogP contribution is 2.49. The van der Waals surface area contributed by atoms with E-state index in [2.05, 4.69) is 40.4 Å². The zero-order valence-electron chi connectivity index (χ0n) is 33.9. The Hall–Kier alpha value is -8.08. The van der Waals surface area contributed by atoms with Crippen molar-refractivity contribution in [2.75, 3.05) is 10.5 Å².